The highest BCUT2D eigenvalue weighted by molar-refractivity contribution is 7.81. The first-order valence-corrected chi connectivity index (χ1v) is 12.6. The van der Waals surface area contributed by atoms with Gasteiger partial charge < -0.3 is 9.64 Å². The number of Topliss-reactive ketones (excluding diaryl/α,β-unsaturated/α-hetero) is 1. The molecule has 4 rings (SSSR count). The Morgan fingerprint density at radius 2 is 2.09 bits per heavy atom. The summed E-state index contributed by atoms with van der Waals surface area (Å²) in [5, 5.41) is 8.28. The summed E-state index contributed by atoms with van der Waals surface area (Å²) in [5.41, 5.74) is 2.05. The second kappa shape index (κ2) is 11.7. The highest BCUT2D eigenvalue weighted by Crippen LogP contribution is 2.39. The molecule has 1 aliphatic carbocycles. The van der Waals surface area contributed by atoms with Crippen molar-refractivity contribution in [1.82, 2.24) is 19.9 Å². The summed E-state index contributed by atoms with van der Waals surface area (Å²) in [6, 6.07) is 5.83. The molecule has 0 N–H and O–H groups in total. The monoisotopic (exact) mass is 498 g/mol. The molecule has 1 saturated carbocycles. The van der Waals surface area contributed by atoms with Crippen LogP contribution in [0.4, 0.5) is 4.39 Å². The van der Waals surface area contributed by atoms with Crippen molar-refractivity contribution in [2.45, 2.75) is 56.9 Å². The average molecular weight is 499 g/mol. The number of aromatic nitrogens is 3. The lowest BCUT2D eigenvalue weighted by molar-refractivity contribution is -0.143. The normalized spacial score (nSPS) is 19.7. The SMILES string of the molecule is CCOC(=O)CCCCn1cc(/C=C2\CN(C(C(=O)C3CC3)c3ccccc3F)C=CC2S)nn1. The maximum absolute atomic E-state index is 14.7. The summed E-state index contributed by atoms with van der Waals surface area (Å²) in [6.07, 6.45) is 11.2. The number of unbranched alkanes of at least 4 members (excludes halogenated alkanes) is 1. The van der Waals surface area contributed by atoms with Gasteiger partial charge in [0.1, 0.15) is 17.6 Å². The van der Waals surface area contributed by atoms with Crippen LogP contribution in [0.1, 0.15) is 56.3 Å². The quantitative estimate of drug-likeness (QED) is 0.281. The number of nitrogens with zero attached hydrogens (tertiary/aromatic N) is 4. The molecule has 0 bridgehead atoms. The van der Waals surface area contributed by atoms with Crippen LogP contribution < -0.4 is 0 Å². The lowest BCUT2D eigenvalue weighted by Crippen LogP contribution is -2.36. The standard InChI is InChI=1S/C26H31FN4O3S/c1-2-34-24(32)9-5-6-13-31-17-20(28-29-31)15-19-16-30(14-12-23(19)35)25(26(33)18-10-11-18)21-7-3-4-8-22(21)27/h3-4,7-8,12,14-15,17-18,23,25,35H,2,5-6,9-11,13,16H2,1H3/b19-15+. The molecule has 0 saturated heterocycles. The predicted octanol–water partition coefficient (Wildman–Crippen LogP) is 4.38. The number of carbonyl (C=O) groups is 2. The topological polar surface area (TPSA) is 77.3 Å². The third-order valence-corrected chi connectivity index (χ3v) is 6.70. The van der Waals surface area contributed by atoms with Crippen molar-refractivity contribution in [1.29, 1.82) is 0 Å². The number of aryl methyl sites for hydroxylation is 1. The van der Waals surface area contributed by atoms with Gasteiger partial charge in [-0.05, 0) is 56.5 Å². The molecule has 7 nitrogen and oxygen atoms in total. The summed E-state index contributed by atoms with van der Waals surface area (Å²) in [4.78, 5) is 26.5. The van der Waals surface area contributed by atoms with E-state index in [-0.39, 0.29) is 28.7 Å². The number of halogens is 1. The van der Waals surface area contributed by atoms with E-state index in [0.717, 1.165) is 31.3 Å². The first kappa shape index (κ1) is 25.2. The minimum atomic E-state index is -0.667. The van der Waals surface area contributed by atoms with Gasteiger partial charge >= 0.3 is 5.97 Å². The van der Waals surface area contributed by atoms with Gasteiger partial charge in [0.15, 0.2) is 5.78 Å². The molecule has 35 heavy (non-hydrogen) atoms. The maximum Gasteiger partial charge on any atom is 0.305 e. The molecule has 1 aromatic carbocycles. The van der Waals surface area contributed by atoms with Crippen LogP contribution in [-0.2, 0) is 20.9 Å². The Balaban J connectivity index is 1.44. The van der Waals surface area contributed by atoms with Crippen molar-refractivity contribution in [3.8, 4) is 0 Å². The zero-order chi connectivity index (χ0) is 24.8. The van der Waals surface area contributed by atoms with Gasteiger partial charge in [-0.25, -0.2) is 4.39 Å². The smallest absolute Gasteiger partial charge is 0.305 e. The fourth-order valence-electron chi connectivity index (χ4n) is 4.22. The fourth-order valence-corrected chi connectivity index (χ4v) is 4.45. The molecule has 186 valence electrons. The molecular weight excluding hydrogens is 467 g/mol. The van der Waals surface area contributed by atoms with Gasteiger partial charge in [-0.3, -0.25) is 14.3 Å². The highest BCUT2D eigenvalue weighted by atomic mass is 32.1. The molecular formula is C26H31FN4O3S. The van der Waals surface area contributed by atoms with Crippen molar-refractivity contribution >= 4 is 30.5 Å². The number of ketones is 1. The second-order valence-corrected chi connectivity index (χ2v) is 9.50. The van der Waals surface area contributed by atoms with Crippen LogP contribution in [-0.4, -0.2) is 50.0 Å². The number of ether oxygens (including phenoxy) is 1. The molecule has 0 amide bonds. The first-order valence-electron chi connectivity index (χ1n) is 12.1. The third-order valence-electron chi connectivity index (χ3n) is 6.20. The van der Waals surface area contributed by atoms with Gasteiger partial charge in [0, 0.05) is 36.2 Å². The maximum atomic E-state index is 14.7. The summed E-state index contributed by atoms with van der Waals surface area (Å²) in [7, 11) is 0. The van der Waals surface area contributed by atoms with Crippen molar-refractivity contribution in [3.63, 3.8) is 0 Å². The van der Waals surface area contributed by atoms with Crippen LogP contribution in [0.2, 0.25) is 0 Å². The van der Waals surface area contributed by atoms with E-state index >= 15 is 0 Å². The molecule has 2 atom stereocenters. The lowest BCUT2D eigenvalue weighted by Gasteiger charge is -2.35. The number of esters is 1. The van der Waals surface area contributed by atoms with Crippen molar-refractivity contribution in [3.05, 3.63) is 65.4 Å². The van der Waals surface area contributed by atoms with Gasteiger partial charge in [-0.15, -0.1) is 5.10 Å². The first-order chi connectivity index (χ1) is 17.0. The Morgan fingerprint density at radius 1 is 1.29 bits per heavy atom. The van der Waals surface area contributed by atoms with E-state index in [1.165, 1.54) is 6.07 Å². The molecule has 2 aliphatic rings. The summed E-state index contributed by atoms with van der Waals surface area (Å²) in [5.74, 6) is -0.493. The van der Waals surface area contributed by atoms with Crippen LogP contribution >= 0.6 is 12.6 Å². The zero-order valence-corrected chi connectivity index (χ0v) is 20.7. The van der Waals surface area contributed by atoms with Crippen molar-refractivity contribution < 1.29 is 18.7 Å². The lowest BCUT2D eigenvalue weighted by atomic mass is 9.95. The van der Waals surface area contributed by atoms with Crippen LogP contribution in [0.5, 0.6) is 0 Å². The van der Waals surface area contributed by atoms with E-state index < -0.39 is 6.04 Å². The number of hydrogen-bond donors (Lipinski definition) is 1. The van der Waals surface area contributed by atoms with E-state index in [1.807, 2.05) is 29.4 Å². The number of benzene rings is 1. The van der Waals surface area contributed by atoms with Crippen LogP contribution in [0.25, 0.3) is 6.08 Å². The molecule has 1 aliphatic heterocycles. The van der Waals surface area contributed by atoms with E-state index in [2.05, 4.69) is 22.9 Å². The Hall–Kier alpha value is -2.94. The molecule has 9 heteroatoms. The summed E-state index contributed by atoms with van der Waals surface area (Å²) in [6.45, 7) is 3.28. The van der Waals surface area contributed by atoms with E-state index in [0.29, 0.717) is 37.4 Å². The van der Waals surface area contributed by atoms with Gasteiger partial charge in [0.05, 0.1) is 12.8 Å². The van der Waals surface area contributed by atoms with Crippen molar-refractivity contribution in [2.24, 2.45) is 5.92 Å². The number of hydrogen-bond acceptors (Lipinski definition) is 7. The Bertz CT molecular complexity index is 1110. The van der Waals surface area contributed by atoms with Gasteiger partial charge in [-0.1, -0.05) is 29.5 Å². The molecule has 2 heterocycles. The van der Waals surface area contributed by atoms with E-state index in [1.54, 1.807) is 29.8 Å². The number of rotatable bonds is 11. The Morgan fingerprint density at radius 3 is 2.83 bits per heavy atom. The number of thiol groups is 1. The van der Waals surface area contributed by atoms with E-state index in [9.17, 15) is 14.0 Å². The van der Waals surface area contributed by atoms with Crippen LogP contribution in [0.15, 0.2) is 48.3 Å². The molecule has 2 aromatic rings. The molecule has 0 radical (unpaired) electrons. The molecule has 2 unspecified atom stereocenters. The fraction of sp³-hybridized carbons (Fsp3) is 0.462. The summed E-state index contributed by atoms with van der Waals surface area (Å²) < 4.78 is 21.4. The third kappa shape index (κ3) is 6.60. The van der Waals surface area contributed by atoms with E-state index in [4.69, 9.17) is 4.74 Å². The van der Waals surface area contributed by atoms with Crippen LogP contribution in [0.3, 0.4) is 0 Å². The molecule has 1 fully saturated rings. The minimum Gasteiger partial charge on any atom is -0.466 e. The minimum absolute atomic E-state index is 0.00196. The van der Waals surface area contributed by atoms with Gasteiger partial charge in [-0.2, -0.15) is 12.6 Å². The Labute approximate surface area is 210 Å². The zero-order valence-electron chi connectivity index (χ0n) is 19.8. The van der Waals surface area contributed by atoms with Crippen molar-refractivity contribution in [2.75, 3.05) is 13.2 Å². The molecule has 0 spiro atoms. The largest absolute Gasteiger partial charge is 0.466 e. The van der Waals surface area contributed by atoms with Gasteiger partial charge in [0.2, 0.25) is 0 Å². The molecule has 1 aromatic heterocycles. The second-order valence-electron chi connectivity index (χ2n) is 8.95. The highest BCUT2D eigenvalue weighted by Gasteiger charge is 2.39. The van der Waals surface area contributed by atoms with Gasteiger partial charge in [0.25, 0.3) is 0 Å². The predicted molar refractivity (Wildman–Crippen MR) is 134 cm³/mol. The Kier molecular flexibility index (Phi) is 8.38. The summed E-state index contributed by atoms with van der Waals surface area (Å²) >= 11 is 4.68. The average Bonchev–Trinajstić information content (AvgIpc) is 3.60. The number of carbonyl (C=O) groups excluding carboxylic acids is 2. The van der Waals surface area contributed by atoms with Crippen LogP contribution in [0, 0.1) is 11.7 Å².